The maximum absolute atomic E-state index is 11.6. The summed E-state index contributed by atoms with van der Waals surface area (Å²) in [6, 6.07) is 0.248. The number of nitrogens with one attached hydrogen (secondary N) is 1. The van der Waals surface area contributed by atoms with Gasteiger partial charge in [0.25, 0.3) is 0 Å². The first-order chi connectivity index (χ1) is 8.00. The van der Waals surface area contributed by atoms with Gasteiger partial charge < -0.3 is 10.2 Å². The van der Waals surface area contributed by atoms with Crippen LogP contribution < -0.4 is 5.32 Å². The summed E-state index contributed by atoms with van der Waals surface area (Å²) in [5.41, 5.74) is 1.15. The summed E-state index contributed by atoms with van der Waals surface area (Å²) in [6.07, 6.45) is 3.82. The Labute approximate surface area is 103 Å². The number of amides is 1. The van der Waals surface area contributed by atoms with Gasteiger partial charge in [-0.05, 0) is 26.3 Å². The molecule has 0 radical (unpaired) electrons. The topological polar surface area (TPSA) is 50.2 Å². The van der Waals surface area contributed by atoms with E-state index in [9.17, 15) is 4.79 Å². The number of hydrogen-bond donors (Lipinski definition) is 1. The lowest BCUT2D eigenvalue weighted by Crippen LogP contribution is -2.40. The molecule has 1 aromatic heterocycles. The molecule has 0 bridgehead atoms. The van der Waals surface area contributed by atoms with Crippen LogP contribution in [0.3, 0.4) is 0 Å². The van der Waals surface area contributed by atoms with Crippen LogP contribution in [0.15, 0.2) is 12.4 Å². The van der Waals surface area contributed by atoms with Gasteiger partial charge in [0, 0.05) is 25.8 Å². The van der Waals surface area contributed by atoms with Gasteiger partial charge in [0.05, 0.1) is 19.3 Å². The summed E-state index contributed by atoms with van der Waals surface area (Å²) in [4.78, 5) is 13.4. The minimum absolute atomic E-state index is 0.122. The third kappa shape index (κ3) is 4.56. The summed E-state index contributed by atoms with van der Waals surface area (Å²) in [6.45, 7) is 7.94. The third-order valence-electron chi connectivity index (χ3n) is 2.72. The van der Waals surface area contributed by atoms with Gasteiger partial charge in [0.1, 0.15) is 0 Å². The molecule has 0 aromatic carbocycles. The van der Waals surface area contributed by atoms with Gasteiger partial charge in [0.15, 0.2) is 0 Å². The largest absolute Gasteiger partial charge is 0.342 e. The highest BCUT2D eigenvalue weighted by Crippen LogP contribution is 1.94. The van der Waals surface area contributed by atoms with E-state index < -0.39 is 0 Å². The predicted molar refractivity (Wildman–Crippen MR) is 67.7 cm³/mol. The van der Waals surface area contributed by atoms with Crippen LogP contribution in [0.25, 0.3) is 0 Å². The van der Waals surface area contributed by atoms with Gasteiger partial charge >= 0.3 is 0 Å². The van der Waals surface area contributed by atoms with Crippen LogP contribution in [0, 0.1) is 6.92 Å². The van der Waals surface area contributed by atoms with Crippen LogP contribution in [0.4, 0.5) is 0 Å². The van der Waals surface area contributed by atoms with Gasteiger partial charge in [-0.15, -0.1) is 0 Å². The highest BCUT2D eigenvalue weighted by Gasteiger charge is 2.10. The van der Waals surface area contributed by atoms with Gasteiger partial charge in [0.2, 0.25) is 5.91 Å². The Bertz CT molecular complexity index is 359. The van der Waals surface area contributed by atoms with Crippen LogP contribution in [-0.2, 0) is 11.3 Å². The highest BCUT2D eigenvalue weighted by molar-refractivity contribution is 5.78. The second-order valence-corrected chi connectivity index (χ2v) is 4.56. The summed E-state index contributed by atoms with van der Waals surface area (Å²) >= 11 is 0. The summed E-state index contributed by atoms with van der Waals surface area (Å²) in [5.74, 6) is 0.122. The molecule has 0 fully saturated rings. The van der Waals surface area contributed by atoms with Crippen molar-refractivity contribution < 1.29 is 4.79 Å². The molecular weight excluding hydrogens is 216 g/mol. The van der Waals surface area contributed by atoms with Crippen LogP contribution in [-0.4, -0.2) is 46.8 Å². The average Bonchev–Trinajstić information content (AvgIpc) is 2.69. The molecule has 0 atom stereocenters. The SMILES string of the molecule is Cc1cnn(CCNCC(=O)N(C)C(C)C)c1. The van der Waals surface area contributed by atoms with E-state index in [1.807, 2.05) is 44.9 Å². The van der Waals surface area contributed by atoms with E-state index in [2.05, 4.69) is 10.4 Å². The van der Waals surface area contributed by atoms with E-state index >= 15 is 0 Å². The van der Waals surface area contributed by atoms with Crippen molar-refractivity contribution in [2.75, 3.05) is 20.1 Å². The molecular formula is C12H22N4O. The summed E-state index contributed by atoms with van der Waals surface area (Å²) < 4.78 is 1.87. The minimum Gasteiger partial charge on any atom is -0.342 e. The summed E-state index contributed by atoms with van der Waals surface area (Å²) in [7, 11) is 1.82. The number of aryl methyl sites for hydroxylation is 1. The standard InChI is InChI=1S/C12H22N4O/c1-10(2)15(4)12(17)8-13-5-6-16-9-11(3)7-14-16/h7,9-10,13H,5-6,8H2,1-4H3. The fraction of sp³-hybridized carbons (Fsp3) is 0.667. The van der Waals surface area contributed by atoms with Crippen molar-refractivity contribution in [1.82, 2.24) is 20.0 Å². The maximum Gasteiger partial charge on any atom is 0.236 e. The van der Waals surface area contributed by atoms with Crippen LogP contribution in [0.2, 0.25) is 0 Å². The average molecular weight is 238 g/mol. The molecule has 1 aromatic rings. The molecule has 0 saturated heterocycles. The molecule has 0 spiro atoms. The number of carbonyl (C=O) groups excluding carboxylic acids is 1. The van der Waals surface area contributed by atoms with E-state index in [4.69, 9.17) is 0 Å². The molecule has 0 saturated carbocycles. The Hall–Kier alpha value is -1.36. The number of carbonyl (C=O) groups is 1. The molecule has 0 aliphatic rings. The lowest BCUT2D eigenvalue weighted by atomic mass is 10.3. The number of likely N-dealkylation sites (N-methyl/N-ethyl adjacent to an activating group) is 1. The highest BCUT2D eigenvalue weighted by atomic mass is 16.2. The third-order valence-corrected chi connectivity index (χ3v) is 2.72. The Balaban J connectivity index is 2.18. The van der Waals surface area contributed by atoms with Crippen molar-refractivity contribution in [3.8, 4) is 0 Å². The Kier molecular flexibility index (Phi) is 5.15. The fourth-order valence-corrected chi connectivity index (χ4v) is 1.39. The van der Waals surface area contributed by atoms with Crippen molar-refractivity contribution in [3.05, 3.63) is 18.0 Å². The van der Waals surface area contributed by atoms with E-state index in [1.165, 1.54) is 0 Å². The second kappa shape index (κ2) is 6.39. The first kappa shape index (κ1) is 13.7. The fourth-order valence-electron chi connectivity index (χ4n) is 1.39. The zero-order valence-electron chi connectivity index (χ0n) is 11.1. The molecule has 0 aliphatic heterocycles. The minimum atomic E-state index is 0.122. The molecule has 96 valence electrons. The second-order valence-electron chi connectivity index (χ2n) is 4.56. The Morgan fingerprint density at radius 3 is 2.82 bits per heavy atom. The number of aromatic nitrogens is 2. The molecule has 1 rings (SSSR count). The van der Waals surface area contributed by atoms with Gasteiger partial charge in [-0.2, -0.15) is 5.10 Å². The quantitative estimate of drug-likeness (QED) is 0.740. The Morgan fingerprint density at radius 2 is 2.29 bits per heavy atom. The molecule has 5 heteroatoms. The van der Waals surface area contributed by atoms with E-state index in [0.717, 1.165) is 18.7 Å². The smallest absolute Gasteiger partial charge is 0.236 e. The molecule has 5 nitrogen and oxygen atoms in total. The van der Waals surface area contributed by atoms with E-state index in [-0.39, 0.29) is 11.9 Å². The monoisotopic (exact) mass is 238 g/mol. The molecule has 0 unspecified atom stereocenters. The normalized spacial score (nSPS) is 10.9. The zero-order chi connectivity index (χ0) is 12.8. The molecule has 0 aliphatic carbocycles. The first-order valence-corrected chi connectivity index (χ1v) is 5.96. The number of nitrogens with zero attached hydrogens (tertiary/aromatic N) is 3. The Morgan fingerprint density at radius 1 is 1.59 bits per heavy atom. The maximum atomic E-state index is 11.6. The van der Waals surface area contributed by atoms with Crippen LogP contribution in [0.5, 0.6) is 0 Å². The van der Waals surface area contributed by atoms with Crippen molar-refractivity contribution >= 4 is 5.91 Å². The zero-order valence-corrected chi connectivity index (χ0v) is 11.1. The summed E-state index contributed by atoms with van der Waals surface area (Å²) in [5, 5.41) is 7.30. The predicted octanol–water partition coefficient (Wildman–Crippen LogP) is 0.648. The van der Waals surface area contributed by atoms with Crippen molar-refractivity contribution in [2.45, 2.75) is 33.4 Å². The van der Waals surface area contributed by atoms with Gasteiger partial charge in [-0.1, -0.05) is 0 Å². The molecule has 1 N–H and O–H groups in total. The number of rotatable bonds is 6. The lowest BCUT2D eigenvalue weighted by Gasteiger charge is -2.21. The molecule has 1 amide bonds. The van der Waals surface area contributed by atoms with Crippen LogP contribution >= 0.6 is 0 Å². The molecule has 1 heterocycles. The van der Waals surface area contributed by atoms with Crippen LogP contribution in [0.1, 0.15) is 19.4 Å². The van der Waals surface area contributed by atoms with E-state index in [0.29, 0.717) is 6.54 Å². The molecule has 17 heavy (non-hydrogen) atoms. The van der Waals surface area contributed by atoms with Gasteiger partial charge in [-0.25, -0.2) is 0 Å². The van der Waals surface area contributed by atoms with Crippen molar-refractivity contribution in [2.24, 2.45) is 0 Å². The first-order valence-electron chi connectivity index (χ1n) is 5.96. The van der Waals surface area contributed by atoms with Crippen molar-refractivity contribution in [1.29, 1.82) is 0 Å². The van der Waals surface area contributed by atoms with E-state index in [1.54, 1.807) is 4.90 Å². The number of hydrogen-bond acceptors (Lipinski definition) is 3. The van der Waals surface area contributed by atoms with Gasteiger partial charge in [-0.3, -0.25) is 9.48 Å². The van der Waals surface area contributed by atoms with Crippen molar-refractivity contribution in [3.63, 3.8) is 0 Å². The lowest BCUT2D eigenvalue weighted by molar-refractivity contribution is -0.130.